The van der Waals surface area contributed by atoms with Crippen LogP contribution in [0.5, 0.6) is 0 Å². The molecule has 0 fully saturated rings. The first kappa shape index (κ1) is 23.8. The average Bonchev–Trinajstić information content (AvgIpc) is 3.25. The van der Waals surface area contributed by atoms with Crippen molar-refractivity contribution in [3.63, 3.8) is 0 Å². The summed E-state index contributed by atoms with van der Waals surface area (Å²) in [6.07, 6.45) is 0. The number of likely N-dealkylation sites (N-methyl/N-ethyl adjacent to an activating group) is 1. The van der Waals surface area contributed by atoms with Crippen LogP contribution in [0.2, 0.25) is 0 Å². The fourth-order valence-corrected chi connectivity index (χ4v) is 4.93. The third-order valence-electron chi connectivity index (χ3n) is 5.71. The molecule has 2 heterocycles. The van der Waals surface area contributed by atoms with Crippen LogP contribution in [0.15, 0.2) is 70.6 Å². The van der Waals surface area contributed by atoms with Gasteiger partial charge in [0, 0.05) is 13.1 Å². The molecule has 0 N–H and O–H groups in total. The molecule has 8 heteroatoms. The van der Waals surface area contributed by atoms with Crippen molar-refractivity contribution >= 4 is 34.3 Å². The predicted octanol–water partition coefficient (Wildman–Crippen LogP) is 4.67. The molecule has 1 amide bonds. The van der Waals surface area contributed by atoms with E-state index in [2.05, 4.69) is 30.6 Å². The number of thioether (sulfide) groups is 1. The summed E-state index contributed by atoms with van der Waals surface area (Å²) < 4.78 is 3.51. The van der Waals surface area contributed by atoms with Gasteiger partial charge in [-0.15, -0.1) is 10.2 Å². The third-order valence-corrected chi connectivity index (χ3v) is 6.63. The van der Waals surface area contributed by atoms with E-state index in [1.54, 1.807) is 9.47 Å². The summed E-state index contributed by atoms with van der Waals surface area (Å²) >= 11 is 1.32. The van der Waals surface area contributed by atoms with Gasteiger partial charge in [-0.2, -0.15) is 0 Å². The average molecular weight is 476 g/mol. The Balaban J connectivity index is 1.86. The van der Waals surface area contributed by atoms with E-state index in [1.165, 1.54) is 11.8 Å². The molecule has 7 nitrogen and oxygen atoms in total. The summed E-state index contributed by atoms with van der Waals surface area (Å²) in [5.41, 5.74) is 3.35. The summed E-state index contributed by atoms with van der Waals surface area (Å²) in [6.45, 7) is 13.1. The van der Waals surface area contributed by atoms with Crippen LogP contribution in [0.4, 0.5) is 0 Å². The topological polar surface area (TPSA) is 72.5 Å². The second-order valence-corrected chi connectivity index (χ2v) is 9.59. The Morgan fingerprint density at radius 1 is 1.12 bits per heavy atom. The second-order valence-electron chi connectivity index (χ2n) is 8.64. The van der Waals surface area contributed by atoms with E-state index in [9.17, 15) is 9.59 Å². The first-order chi connectivity index (χ1) is 16.3. The van der Waals surface area contributed by atoms with E-state index in [4.69, 9.17) is 0 Å². The van der Waals surface area contributed by atoms with Gasteiger partial charge >= 0.3 is 0 Å². The number of nitrogens with zero attached hydrogens (tertiary/aromatic N) is 5. The molecular weight excluding hydrogens is 446 g/mol. The summed E-state index contributed by atoms with van der Waals surface area (Å²) in [7, 11) is 0. The van der Waals surface area contributed by atoms with Crippen LogP contribution in [0.3, 0.4) is 0 Å². The van der Waals surface area contributed by atoms with E-state index in [1.807, 2.05) is 66.8 Å². The number of carbonyl (C=O) groups is 1. The quantitative estimate of drug-likeness (QED) is 0.273. The minimum atomic E-state index is -0.144. The van der Waals surface area contributed by atoms with E-state index in [-0.39, 0.29) is 23.1 Å². The highest BCUT2D eigenvalue weighted by molar-refractivity contribution is 7.99. The minimum absolute atomic E-state index is 0.00929. The third kappa shape index (κ3) is 4.37. The lowest BCUT2D eigenvalue weighted by molar-refractivity contribution is -0.127. The monoisotopic (exact) mass is 475 g/mol. The van der Waals surface area contributed by atoms with Gasteiger partial charge in [0.1, 0.15) is 0 Å². The van der Waals surface area contributed by atoms with Crippen molar-refractivity contribution in [1.29, 1.82) is 0 Å². The van der Waals surface area contributed by atoms with Crippen molar-refractivity contribution in [1.82, 2.24) is 24.1 Å². The Bertz CT molecular complexity index is 1440. The highest BCUT2D eigenvalue weighted by Gasteiger charge is 2.21. The standard InChI is InChI=1S/C26H29N5O2S/c1-6-29(15-17(2)3)23(32)16-34-26-28-27-25-30(21-13-9-7-11-19(21)18(4)5)24(33)20-12-8-10-14-22(20)31(25)26/h7-14,18H,2,6,15-16H2,1,3-5H3. The van der Waals surface area contributed by atoms with Crippen LogP contribution in [0, 0.1) is 0 Å². The minimum Gasteiger partial charge on any atom is -0.338 e. The summed E-state index contributed by atoms with van der Waals surface area (Å²) in [6, 6.07) is 15.3. The molecule has 0 saturated heterocycles. The maximum absolute atomic E-state index is 13.6. The second kappa shape index (κ2) is 9.85. The lowest BCUT2D eigenvalue weighted by Gasteiger charge is -2.20. The highest BCUT2D eigenvalue weighted by Crippen LogP contribution is 2.27. The Morgan fingerprint density at radius 3 is 2.53 bits per heavy atom. The van der Waals surface area contributed by atoms with Crippen molar-refractivity contribution < 1.29 is 4.79 Å². The largest absolute Gasteiger partial charge is 0.338 e. The Labute approximate surface area is 203 Å². The van der Waals surface area contributed by atoms with Crippen LogP contribution in [-0.4, -0.2) is 48.8 Å². The summed E-state index contributed by atoms with van der Waals surface area (Å²) in [5, 5.41) is 9.95. The van der Waals surface area contributed by atoms with Gasteiger partial charge in [-0.05, 0) is 43.5 Å². The van der Waals surface area contributed by atoms with Gasteiger partial charge in [-0.3, -0.25) is 14.0 Å². The SMILES string of the molecule is C=C(C)CN(CC)C(=O)CSc1nnc2n(-c3ccccc3C(C)C)c(=O)c3ccccc3n12. The number of para-hydroxylation sites is 2. The normalized spacial score (nSPS) is 11.4. The number of aromatic nitrogens is 4. The first-order valence-corrected chi connectivity index (χ1v) is 12.3. The molecule has 4 rings (SSSR count). The zero-order valence-corrected chi connectivity index (χ0v) is 20.8. The van der Waals surface area contributed by atoms with E-state index in [0.717, 1.165) is 22.3 Å². The maximum atomic E-state index is 13.6. The van der Waals surface area contributed by atoms with Crippen LogP contribution >= 0.6 is 11.8 Å². The van der Waals surface area contributed by atoms with Crippen LogP contribution in [-0.2, 0) is 4.79 Å². The molecule has 2 aromatic heterocycles. The molecule has 34 heavy (non-hydrogen) atoms. The number of hydrogen-bond donors (Lipinski definition) is 0. The fourth-order valence-electron chi connectivity index (χ4n) is 4.09. The zero-order valence-electron chi connectivity index (χ0n) is 20.0. The number of amides is 1. The molecule has 0 aliphatic carbocycles. The number of carbonyl (C=O) groups excluding carboxylic acids is 1. The molecule has 0 aliphatic rings. The maximum Gasteiger partial charge on any atom is 0.267 e. The van der Waals surface area contributed by atoms with Crippen LogP contribution in [0.1, 0.15) is 39.2 Å². The first-order valence-electron chi connectivity index (χ1n) is 11.4. The molecular formula is C26H29N5O2S. The Morgan fingerprint density at radius 2 is 1.82 bits per heavy atom. The molecule has 0 unspecified atom stereocenters. The number of fused-ring (bicyclic) bond motifs is 3. The molecule has 176 valence electrons. The van der Waals surface area contributed by atoms with Crippen molar-refractivity contribution in [2.45, 2.75) is 38.8 Å². The molecule has 4 aromatic rings. The van der Waals surface area contributed by atoms with E-state index in [0.29, 0.717) is 29.4 Å². The van der Waals surface area contributed by atoms with Gasteiger partial charge < -0.3 is 4.90 Å². The molecule has 0 aliphatic heterocycles. The van der Waals surface area contributed by atoms with Gasteiger partial charge in [-0.1, -0.05) is 68.1 Å². The summed E-state index contributed by atoms with van der Waals surface area (Å²) in [5.74, 6) is 0.881. The van der Waals surface area contributed by atoms with Gasteiger partial charge in [0.2, 0.25) is 11.7 Å². The zero-order chi connectivity index (χ0) is 24.4. The van der Waals surface area contributed by atoms with Crippen molar-refractivity contribution in [2.75, 3.05) is 18.8 Å². The number of benzene rings is 2. The molecule has 0 saturated carbocycles. The van der Waals surface area contributed by atoms with Crippen LogP contribution < -0.4 is 5.56 Å². The van der Waals surface area contributed by atoms with Crippen LogP contribution in [0.25, 0.3) is 22.4 Å². The van der Waals surface area contributed by atoms with Gasteiger partial charge in [0.15, 0.2) is 5.16 Å². The van der Waals surface area contributed by atoms with Crippen molar-refractivity contribution in [2.24, 2.45) is 0 Å². The van der Waals surface area contributed by atoms with Gasteiger partial charge in [-0.25, -0.2) is 4.57 Å². The Hall–Kier alpha value is -3.39. The van der Waals surface area contributed by atoms with Gasteiger partial charge in [0.25, 0.3) is 5.56 Å². The van der Waals surface area contributed by atoms with E-state index < -0.39 is 0 Å². The molecule has 0 radical (unpaired) electrons. The highest BCUT2D eigenvalue weighted by atomic mass is 32.2. The lowest BCUT2D eigenvalue weighted by Crippen LogP contribution is -2.33. The Kier molecular flexibility index (Phi) is 6.88. The van der Waals surface area contributed by atoms with E-state index >= 15 is 0 Å². The van der Waals surface area contributed by atoms with Gasteiger partial charge in [0.05, 0.1) is 22.3 Å². The fraction of sp³-hybridized carbons (Fsp3) is 0.308. The van der Waals surface area contributed by atoms with Crippen molar-refractivity contribution in [3.8, 4) is 5.69 Å². The number of rotatable bonds is 8. The predicted molar refractivity (Wildman–Crippen MR) is 138 cm³/mol. The molecule has 0 bridgehead atoms. The van der Waals surface area contributed by atoms with Crippen molar-refractivity contribution in [3.05, 3.63) is 76.6 Å². The smallest absolute Gasteiger partial charge is 0.267 e. The molecule has 0 spiro atoms. The molecule has 0 atom stereocenters. The lowest BCUT2D eigenvalue weighted by atomic mass is 10.0. The molecule has 2 aromatic carbocycles. The summed E-state index contributed by atoms with van der Waals surface area (Å²) in [4.78, 5) is 28.2. The number of hydrogen-bond acceptors (Lipinski definition) is 5.